The first-order chi connectivity index (χ1) is 9.16. The first-order valence-corrected chi connectivity index (χ1v) is 7.39. The Morgan fingerprint density at radius 2 is 2.05 bits per heavy atom. The molecule has 1 atom stereocenters. The van der Waals surface area contributed by atoms with Gasteiger partial charge in [0.05, 0.1) is 23.9 Å². The minimum absolute atomic E-state index is 0.225. The zero-order valence-corrected chi connectivity index (χ0v) is 11.5. The van der Waals surface area contributed by atoms with Crippen molar-refractivity contribution in [1.82, 2.24) is 15.0 Å². The molecular formula is C14H22N4O. The fourth-order valence-electron chi connectivity index (χ4n) is 3.15. The van der Waals surface area contributed by atoms with Crippen LogP contribution in [0.2, 0.25) is 0 Å². The SMILES string of the molecule is CC(C1CCC1)n1nnc(CC(N)=O)c1C1CCC1. The molecule has 0 bridgehead atoms. The lowest BCUT2D eigenvalue weighted by atomic mass is 9.78. The van der Waals surface area contributed by atoms with Crippen LogP contribution < -0.4 is 5.73 Å². The number of aromatic nitrogens is 3. The van der Waals surface area contributed by atoms with Crippen LogP contribution in [0, 0.1) is 5.92 Å². The summed E-state index contributed by atoms with van der Waals surface area (Å²) >= 11 is 0. The highest BCUT2D eigenvalue weighted by molar-refractivity contribution is 5.76. The molecule has 2 aliphatic rings. The van der Waals surface area contributed by atoms with E-state index in [0.717, 1.165) is 11.6 Å². The van der Waals surface area contributed by atoms with Crippen LogP contribution >= 0.6 is 0 Å². The fourth-order valence-corrected chi connectivity index (χ4v) is 3.15. The molecule has 0 aromatic carbocycles. The molecule has 19 heavy (non-hydrogen) atoms. The molecule has 0 aliphatic heterocycles. The molecule has 2 N–H and O–H groups in total. The Morgan fingerprint density at radius 1 is 1.37 bits per heavy atom. The standard InChI is InChI=1S/C14H22N4O/c1-9(10-4-2-5-10)18-14(11-6-3-7-11)12(16-17-18)8-13(15)19/h9-11H,2-8H2,1H3,(H2,15,19). The van der Waals surface area contributed by atoms with Crippen molar-refractivity contribution in [3.8, 4) is 0 Å². The molecule has 2 fully saturated rings. The first kappa shape index (κ1) is 12.6. The lowest BCUT2D eigenvalue weighted by Crippen LogP contribution is -2.27. The van der Waals surface area contributed by atoms with E-state index in [1.54, 1.807) is 0 Å². The molecule has 1 amide bonds. The van der Waals surface area contributed by atoms with Crippen molar-refractivity contribution in [2.75, 3.05) is 0 Å². The van der Waals surface area contributed by atoms with Gasteiger partial charge in [-0.1, -0.05) is 18.1 Å². The molecule has 0 spiro atoms. The summed E-state index contributed by atoms with van der Waals surface area (Å²) in [5.74, 6) is 0.942. The van der Waals surface area contributed by atoms with Crippen LogP contribution in [0.25, 0.3) is 0 Å². The zero-order valence-electron chi connectivity index (χ0n) is 11.5. The highest BCUT2D eigenvalue weighted by Gasteiger charge is 2.33. The quantitative estimate of drug-likeness (QED) is 0.881. The molecule has 1 aromatic rings. The van der Waals surface area contributed by atoms with E-state index in [9.17, 15) is 4.79 Å². The molecule has 5 nitrogen and oxygen atoms in total. The van der Waals surface area contributed by atoms with Crippen molar-refractivity contribution in [3.63, 3.8) is 0 Å². The van der Waals surface area contributed by atoms with E-state index >= 15 is 0 Å². The molecule has 2 aliphatic carbocycles. The van der Waals surface area contributed by atoms with Gasteiger partial charge < -0.3 is 5.73 Å². The van der Waals surface area contributed by atoms with Gasteiger partial charge in [0, 0.05) is 5.92 Å². The van der Waals surface area contributed by atoms with Gasteiger partial charge in [0.15, 0.2) is 0 Å². The third-order valence-corrected chi connectivity index (χ3v) is 4.86. The van der Waals surface area contributed by atoms with E-state index in [1.165, 1.54) is 44.2 Å². The van der Waals surface area contributed by atoms with E-state index in [-0.39, 0.29) is 12.3 Å². The second kappa shape index (κ2) is 4.94. The van der Waals surface area contributed by atoms with Crippen LogP contribution in [-0.4, -0.2) is 20.9 Å². The number of nitrogens with two attached hydrogens (primary N) is 1. The second-order valence-electron chi connectivity index (χ2n) is 6.07. The summed E-state index contributed by atoms with van der Waals surface area (Å²) in [7, 11) is 0. The summed E-state index contributed by atoms with van der Waals surface area (Å²) in [6.07, 6.45) is 7.78. The van der Waals surface area contributed by atoms with E-state index in [0.29, 0.717) is 12.0 Å². The summed E-state index contributed by atoms with van der Waals surface area (Å²) in [5, 5.41) is 8.57. The maximum atomic E-state index is 11.2. The average Bonchev–Trinajstić information content (AvgIpc) is 2.56. The minimum atomic E-state index is -0.316. The van der Waals surface area contributed by atoms with Crippen molar-refractivity contribution < 1.29 is 4.79 Å². The van der Waals surface area contributed by atoms with Crippen LogP contribution in [0.1, 0.15) is 68.8 Å². The third kappa shape index (κ3) is 2.26. The summed E-state index contributed by atoms with van der Waals surface area (Å²) in [4.78, 5) is 11.2. The van der Waals surface area contributed by atoms with Crippen LogP contribution in [0.15, 0.2) is 0 Å². The summed E-state index contributed by atoms with van der Waals surface area (Å²) in [6, 6.07) is 0.401. The molecule has 3 rings (SSSR count). The minimum Gasteiger partial charge on any atom is -0.369 e. The Kier molecular flexibility index (Phi) is 3.29. The smallest absolute Gasteiger partial charge is 0.223 e. The summed E-state index contributed by atoms with van der Waals surface area (Å²) in [6.45, 7) is 2.23. The Hall–Kier alpha value is -1.39. The lowest BCUT2D eigenvalue weighted by Gasteiger charge is -2.34. The normalized spacial score (nSPS) is 21.7. The maximum Gasteiger partial charge on any atom is 0.223 e. The van der Waals surface area contributed by atoms with E-state index in [4.69, 9.17) is 5.73 Å². The third-order valence-electron chi connectivity index (χ3n) is 4.86. The number of primary amides is 1. The molecule has 5 heteroatoms. The van der Waals surface area contributed by atoms with Gasteiger partial charge in [-0.2, -0.15) is 0 Å². The van der Waals surface area contributed by atoms with Gasteiger partial charge in [0.1, 0.15) is 0 Å². The molecule has 1 heterocycles. The average molecular weight is 262 g/mol. The second-order valence-corrected chi connectivity index (χ2v) is 6.07. The Balaban J connectivity index is 1.89. The van der Waals surface area contributed by atoms with Crippen LogP contribution in [0.5, 0.6) is 0 Å². The molecule has 104 valence electrons. The highest BCUT2D eigenvalue weighted by atomic mass is 16.1. The Morgan fingerprint density at radius 3 is 2.53 bits per heavy atom. The van der Waals surface area contributed by atoms with Gasteiger partial charge >= 0.3 is 0 Å². The summed E-state index contributed by atoms with van der Waals surface area (Å²) in [5.41, 5.74) is 7.31. The van der Waals surface area contributed by atoms with Gasteiger partial charge in [-0.05, 0) is 38.5 Å². The largest absolute Gasteiger partial charge is 0.369 e. The molecule has 2 saturated carbocycles. The van der Waals surface area contributed by atoms with Gasteiger partial charge in [0.25, 0.3) is 0 Å². The first-order valence-electron chi connectivity index (χ1n) is 7.39. The fraction of sp³-hybridized carbons (Fsp3) is 0.786. The van der Waals surface area contributed by atoms with Gasteiger partial charge in [0.2, 0.25) is 5.91 Å². The van der Waals surface area contributed by atoms with Crippen molar-refractivity contribution in [1.29, 1.82) is 0 Å². The van der Waals surface area contributed by atoms with Gasteiger partial charge in [-0.3, -0.25) is 4.79 Å². The number of hydrogen-bond donors (Lipinski definition) is 1. The van der Waals surface area contributed by atoms with Gasteiger partial charge in [-0.25, -0.2) is 4.68 Å². The molecule has 0 saturated heterocycles. The van der Waals surface area contributed by atoms with Crippen LogP contribution in [0.3, 0.4) is 0 Å². The number of rotatable bonds is 5. The van der Waals surface area contributed by atoms with Crippen molar-refractivity contribution in [2.45, 2.75) is 63.8 Å². The zero-order chi connectivity index (χ0) is 13.4. The number of amides is 1. The van der Waals surface area contributed by atoms with Crippen LogP contribution in [0.4, 0.5) is 0 Å². The molecule has 1 unspecified atom stereocenters. The Bertz CT molecular complexity index is 474. The summed E-state index contributed by atoms with van der Waals surface area (Å²) < 4.78 is 2.09. The number of carbonyl (C=O) groups is 1. The van der Waals surface area contributed by atoms with E-state index in [2.05, 4.69) is 21.9 Å². The van der Waals surface area contributed by atoms with Crippen molar-refractivity contribution in [2.24, 2.45) is 11.7 Å². The maximum absolute atomic E-state index is 11.2. The Labute approximate surface area is 113 Å². The predicted molar refractivity (Wildman–Crippen MR) is 71.6 cm³/mol. The van der Waals surface area contributed by atoms with Crippen molar-refractivity contribution in [3.05, 3.63) is 11.4 Å². The van der Waals surface area contributed by atoms with Crippen LogP contribution in [-0.2, 0) is 11.2 Å². The van der Waals surface area contributed by atoms with Gasteiger partial charge in [-0.15, -0.1) is 5.10 Å². The van der Waals surface area contributed by atoms with Crippen molar-refractivity contribution >= 4 is 5.91 Å². The number of carbonyl (C=O) groups excluding carboxylic acids is 1. The highest BCUT2D eigenvalue weighted by Crippen LogP contribution is 2.42. The molecule has 1 aromatic heterocycles. The number of nitrogens with zero attached hydrogens (tertiary/aromatic N) is 3. The predicted octanol–water partition coefficient (Wildman–Crippen LogP) is 1.93. The topological polar surface area (TPSA) is 73.8 Å². The lowest BCUT2D eigenvalue weighted by molar-refractivity contribution is -0.117. The molecule has 0 radical (unpaired) electrons. The monoisotopic (exact) mass is 262 g/mol. The number of hydrogen-bond acceptors (Lipinski definition) is 3. The van der Waals surface area contributed by atoms with E-state index in [1.807, 2.05) is 0 Å². The van der Waals surface area contributed by atoms with E-state index < -0.39 is 0 Å². The molecular weight excluding hydrogens is 240 g/mol.